The van der Waals surface area contributed by atoms with Crippen molar-refractivity contribution in [2.75, 3.05) is 6.54 Å². The first-order valence-electron chi connectivity index (χ1n) is 6.28. The van der Waals surface area contributed by atoms with E-state index in [1.54, 1.807) is 11.3 Å². The third-order valence-corrected chi connectivity index (χ3v) is 4.85. The van der Waals surface area contributed by atoms with Gasteiger partial charge in [0, 0.05) is 9.90 Å². The lowest BCUT2D eigenvalue weighted by molar-refractivity contribution is 0.636. The Morgan fingerprint density at radius 1 is 1.16 bits per heavy atom. The number of nitrogens with one attached hydrogen (secondary N) is 1. The number of hydrogen-bond acceptors (Lipinski definition) is 2. The van der Waals surface area contributed by atoms with Crippen LogP contribution in [0.1, 0.15) is 34.5 Å². The van der Waals surface area contributed by atoms with Crippen LogP contribution >= 0.6 is 34.5 Å². The zero-order valence-corrected chi connectivity index (χ0v) is 13.6. The van der Waals surface area contributed by atoms with Gasteiger partial charge in [-0.05, 0) is 55.3 Å². The van der Waals surface area contributed by atoms with Gasteiger partial charge in [-0.1, -0.05) is 36.2 Å². The van der Waals surface area contributed by atoms with E-state index in [-0.39, 0.29) is 6.04 Å². The van der Waals surface area contributed by atoms with Crippen molar-refractivity contribution < 1.29 is 0 Å². The van der Waals surface area contributed by atoms with Gasteiger partial charge in [-0.25, -0.2) is 0 Å². The minimum Gasteiger partial charge on any atom is -0.306 e. The number of halogens is 2. The molecular formula is C15H17Cl2NS. The van der Waals surface area contributed by atoms with Crippen molar-refractivity contribution in [1.82, 2.24) is 5.32 Å². The molecule has 19 heavy (non-hydrogen) atoms. The topological polar surface area (TPSA) is 12.0 Å². The number of benzene rings is 1. The third kappa shape index (κ3) is 3.32. The van der Waals surface area contributed by atoms with Crippen LogP contribution < -0.4 is 5.32 Å². The Balaban J connectivity index is 2.47. The van der Waals surface area contributed by atoms with Crippen LogP contribution in [-0.2, 0) is 0 Å². The van der Waals surface area contributed by atoms with E-state index in [4.69, 9.17) is 23.2 Å². The van der Waals surface area contributed by atoms with Crippen molar-refractivity contribution in [1.29, 1.82) is 0 Å². The summed E-state index contributed by atoms with van der Waals surface area (Å²) in [6.45, 7) is 7.15. The number of hydrogen-bond donors (Lipinski definition) is 1. The van der Waals surface area contributed by atoms with E-state index < -0.39 is 0 Å². The van der Waals surface area contributed by atoms with Gasteiger partial charge in [-0.15, -0.1) is 11.3 Å². The molecular weight excluding hydrogens is 297 g/mol. The minimum absolute atomic E-state index is 0.179. The smallest absolute Gasteiger partial charge is 0.0931 e. The molecule has 2 aromatic rings. The van der Waals surface area contributed by atoms with Gasteiger partial charge in [0.15, 0.2) is 0 Å². The van der Waals surface area contributed by atoms with Crippen LogP contribution in [0.2, 0.25) is 9.36 Å². The zero-order valence-electron chi connectivity index (χ0n) is 11.3. The summed E-state index contributed by atoms with van der Waals surface area (Å²) in [6, 6.07) is 8.41. The van der Waals surface area contributed by atoms with E-state index >= 15 is 0 Å². The molecule has 1 aromatic heterocycles. The molecule has 1 nitrogen and oxygen atoms in total. The lowest BCUT2D eigenvalue weighted by atomic mass is 9.97. The molecule has 0 aliphatic rings. The maximum atomic E-state index is 6.18. The van der Waals surface area contributed by atoms with Gasteiger partial charge < -0.3 is 5.32 Å². The number of aryl methyl sites for hydroxylation is 2. The molecule has 0 bridgehead atoms. The second-order valence-electron chi connectivity index (χ2n) is 4.59. The van der Waals surface area contributed by atoms with Crippen molar-refractivity contribution in [3.8, 4) is 0 Å². The van der Waals surface area contributed by atoms with Gasteiger partial charge in [-0.3, -0.25) is 0 Å². The Labute approximate surface area is 128 Å². The molecule has 4 heteroatoms. The molecule has 1 N–H and O–H groups in total. The summed E-state index contributed by atoms with van der Waals surface area (Å²) in [5.41, 5.74) is 3.57. The molecule has 1 atom stereocenters. The van der Waals surface area contributed by atoms with E-state index in [9.17, 15) is 0 Å². The summed E-state index contributed by atoms with van der Waals surface area (Å²) in [7, 11) is 0. The Kier molecular flexibility index (Phi) is 4.91. The fourth-order valence-electron chi connectivity index (χ4n) is 2.17. The molecule has 0 saturated carbocycles. The van der Waals surface area contributed by atoms with E-state index in [2.05, 4.69) is 31.3 Å². The van der Waals surface area contributed by atoms with Crippen LogP contribution in [0.3, 0.4) is 0 Å². The van der Waals surface area contributed by atoms with Gasteiger partial charge in [0.25, 0.3) is 0 Å². The molecule has 0 aliphatic heterocycles. The monoisotopic (exact) mass is 313 g/mol. The first kappa shape index (κ1) is 14.9. The first-order chi connectivity index (χ1) is 9.02. The first-order valence-corrected chi connectivity index (χ1v) is 7.85. The molecule has 0 aliphatic carbocycles. The molecule has 0 spiro atoms. The predicted molar refractivity (Wildman–Crippen MR) is 85.8 cm³/mol. The highest BCUT2D eigenvalue weighted by Gasteiger charge is 2.18. The van der Waals surface area contributed by atoms with Crippen LogP contribution in [0.15, 0.2) is 24.3 Å². The standard InChI is InChI=1S/C15H17Cl2NS/c1-4-18-15(13-5-6-14(17)19-13)11-7-10(3)12(16)8-9(11)2/h5-8,15,18H,4H2,1-3H3. The van der Waals surface area contributed by atoms with Gasteiger partial charge in [0.2, 0.25) is 0 Å². The Morgan fingerprint density at radius 3 is 2.47 bits per heavy atom. The van der Waals surface area contributed by atoms with Gasteiger partial charge in [0.05, 0.1) is 10.4 Å². The molecule has 102 valence electrons. The molecule has 1 aromatic carbocycles. The molecule has 0 radical (unpaired) electrons. The fraction of sp³-hybridized carbons (Fsp3) is 0.333. The second kappa shape index (κ2) is 6.27. The second-order valence-corrected chi connectivity index (χ2v) is 6.74. The van der Waals surface area contributed by atoms with Crippen LogP contribution in [0.25, 0.3) is 0 Å². The highest BCUT2D eigenvalue weighted by molar-refractivity contribution is 7.16. The zero-order chi connectivity index (χ0) is 14.0. The third-order valence-electron chi connectivity index (χ3n) is 3.15. The van der Waals surface area contributed by atoms with Gasteiger partial charge in [0.1, 0.15) is 0 Å². The van der Waals surface area contributed by atoms with Crippen molar-refractivity contribution in [2.45, 2.75) is 26.8 Å². The van der Waals surface area contributed by atoms with Crippen LogP contribution in [0, 0.1) is 13.8 Å². The maximum Gasteiger partial charge on any atom is 0.0931 e. The van der Waals surface area contributed by atoms with Crippen LogP contribution in [0.5, 0.6) is 0 Å². The highest BCUT2D eigenvalue weighted by Crippen LogP contribution is 2.34. The minimum atomic E-state index is 0.179. The number of thiophene rings is 1. The molecule has 1 unspecified atom stereocenters. The summed E-state index contributed by atoms with van der Waals surface area (Å²) in [6.07, 6.45) is 0. The summed E-state index contributed by atoms with van der Waals surface area (Å²) >= 11 is 13.9. The van der Waals surface area contributed by atoms with Gasteiger partial charge in [-0.2, -0.15) is 0 Å². The average Bonchev–Trinajstić information content (AvgIpc) is 2.78. The lowest BCUT2D eigenvalue weighted by Crippen LogP contribution is -2.22. The molecule has 0 amide bonds. The molecule has 0 saturated heterocycles. The van der Waals surface area contributed by atoms with E-state index in [0.29, 0.717) is 0 Å². The van der Waals surface area contributed by atoms with E-state index in [0.717, 1.165) is 21.5 Å². The Hall–Kier alpha value is -0.540. The SMILES string of the molecule is CCNC(c1ccc(Cl)s1)c1cc(C)c(Cl)cc1C. The van der Waals surface area contributed by atoms with Crippen LogP contribution in [0.4, 0.5) is 0 Å². The summed E-state index contributed by atoms with van der Waals surface area (Å²) in [5.74, 6) is 0. The van der Waals surface area contributed by atoms with Gasteiger partial charge >= 0.3 is 0 Å². The van der Waals surface area contributed by atoms with Crippen molar-refractivity contribution in [2.24, 2.45) is 0 Å². The number of rotatable bonds is 4. The molecule has 2 rings (SSSR count). The van der Waals surface area contributed by atoms with E-state index in [1.807, 2.05) is 19.1 Å². The molecule has 0 fully saturated rings. The highest BCUT2D eigenvalue weighted by atomic mass is 35.5. The summed E-state index contributed by atoms with van der Waals surface area (Å²) in [4.78, 5) is 1.23. The molecule has 1 heterocycles. The largest absolute Gasteiger partial charge is 0.306 e. The van der Waals surface area contributed by atoms with E-state index in [1.165, 1.54) is 16.0 Å². The summed E-state index contributed by atoms with van der Waals surface area (Å²) < 4.78 is 0.821. The maximum absolute atomic E-state index is 6.18. The summed E-state index contributed by atoms with van der Waals surface area (Å²) in [5, 5.41) is 4.34. The fourth-order valence-corrected chi connectivity index (χ4v) is 3.54. The Bertz CT molecular complexity index is 578. The average molecular weight is 314 g/mol. The lowest BCUT2D eigenvalue weighted by Gasteiger charge is -2.20. The van der Waals surface area contributed by atoms with Crippen molar-refractivity contribution in [3.05, 3.63) is 55.2 Å². The normalized spacial score (nSPS) is 12.7. The Morgan fingerprint density at radius 2 is 1.89 bits per heavy atom. The van der Waals surface area contributed by atoms with Crippen molar-refractivity contribution in [3.63, 3.8) is 0 Å². The predicted octanol–water partition coefficient (Wildman–Crippen LogP) is 5.37. The van der Waals surface area contributed by atoms with Crippen LogP contribution in [-0.4, -0.2) is 6.54 Å². The van der Waals surface area contributed by atoms with Crippen molar-refractivity contribution >= 4 is 34.5 Å². The quantitative estimate of drug-likeness (QED) is 0.800.